The van der Waals surface area contributed by atoms with E-state index in [0.29, 0.717) is 31.7 Å². The molecule has 0 radical (unpaired) electrons. The van der Waals surface area contributed by atoms with Gasteiger partial charge in [0.1, 0.15) is 28.7 Å². The lowest BCUT2D eigenvalue weighted by molar-refractivity contribution is -0.160. The Hall–Kier alpha value is -5.34. The van der Waals surface area contributed by atoms with Crippen molar-refractivity contribution in [1.29, 1.82) is 0 Å². The third kappa shape index (κ3) is 15.4. The fourth-order valence-corrected chi connectivity index (χ4v) is 8.80. The number of carbonyl (C=O) groups excluding carboxylic acids is 8. The summed E-state index contributed by atoms with van der Waals surface area (Å²) in [4.78, 5) is 118. The summed E-state index contributed by atoms with van der Waals surface area (Å²) in [6.45, 7) is 9.19. The molecule has 0 unspecified atom stereocenters. The lowest BCUT2D eigenvalue weighted by Crippen LogP contribution is -2.61. The Morgan fingerprint density at radius 1 is 0.846 bits per heavy atom. The van der Waals surface area contributed by atoms with Crippen LogP contribution in [0.4, 0.5) is 0 Å². The molecule has 2 saturated carbocycles. The molecule has 4 rings (SSSR count). The van der Waals surface area contributed by atoms with Crippen molar-refractivity contribution in [3.8, 4) is 0 Å². The monoisotopic (exact) mass is 943 g/mol. The normalized spacial score (nSPS) is 16.5. The smallest absolute Gasteiger partial charge is 0.326 e. The SMILES string of the molecule is CC[C@H](N)CC(=O)N(C(=O)C(=O)NS(=O)(=O)c1cc(C(=O)NCC2CC2)ccc1Cl)C(=O)[C@H](CC1CCCCC1)NC(=O)[C@@H](NC(=O)[C@H](CC(C)C)NC(=O)c1cnccn1)[C@@H](C)CC. The lowest BCUT2D eigenvalue weighted by Gasteiger charge is -2.32. The summed E-state index contributed by atoms with van der Waals surface area (Å²) in [6, 6.07) is -1.56. The summed E-state index contributed by atoms with van der Waals surface area (Å²) < 4.78 is 28.8. The molecule has 0 aliphatic heterocycles. The molecular formula is C44H62ClN9O10S. The van der Waals surface area contributed by atoms with E-state index in [1.807, 2.05) is 13.8 Å². The summed E-state index contributed by atoms with van der Waals surface area (Å²) in [5.74, 6) is -9.60. The van der Waals surface area contributed by atoms with Crippen molar-refractivity contribution in [3.63, 3.8) is 0 Å². The van der Waals surface area contributed by atoms with Crippen LogP contribution in [-0.2, 0) is 38.8 Å². The molecule has 2 fully saturated rings. The van der Waals surface area contributed by atoms with Crippen LogP contribution in [0.2, 0.25) is 5.02 Å². The van der Waals surface area contributed by atoms with Crippen molar-refractivity contribution in [3.05, 3.63) is 53.1 Å². The van der Waals surface area contributed by atoms with Gasteiger partial charge in [-0.3, -0.25) is 43.3 Å². The standard InChI is InChI=1S/C44H62ClN9O10S/c1-6-26(5)37(52-39(57)32(19-25(3)4)50-40(58)34-24-47-17-18-48-34)41(59)51-33(20-27-11-9-8-10-12-27)43(61)54(36(55)22-30(46)7-2)44(62)42(60)53-65(63,64)35-21-29(15-16-31(35)45)38(56)49-23-28-13-14-28/h15-18,21,24-28,30,32-33,37H,6-14,19-20,22-23,46H2,1-5H3,(H,49,56)(H,50,58)(H,51,59)(H,52,57)(H,53,60)/t26-,30-,32-,33-,37-/m0/s1. The molecule has 0 spiro atoms. The molecule has 2 aliphatic carbocycles. The molecule has 65 heavy (non-hydrogen) atoms. The van der Waals surface area contributed by atoms with Gasteiger partial charge in [-0.05, 0) is 74.0 Å². The molecule has 0 bridgehead atoms. The second kappa shape index (κ2) is 24.3. The van der Waals surface area contributed by atoms with Crippen molar-refractivity contribution >= 4 is 68.9 Å². The maximum Gasteiger partial charge on any atom is 0.326 e. The molecule has 21 heteroatoms. The average Bonchev–Trinajstić information content (AvgIpc) is 4.11. The number of sulfonamides is 1. The van der Waals surface area contributed by atoms with Gasteiger partial charge in [-0.1, -0.05) is 84.7 Å². The molecule has 1 aromatic carbocycles. The van der Waals surface area contributed by atoms with Crippen LogP contribution in [0.5, 0.6) is 0 Å². The topological polar surface area (TPSA) is 286 Å². The van der Waals surface area contributed by atoms with Crippen LogP contribution in [0.25, 0.3) is 0 Å². The number of halogens is 1. The van der Waals surface area contributed by atoms with Gasteiger partial charge in [0, 0.05) is 37.0 Å². The third-order valence-electron chi connectivity index (χ3n) is 11.6. The Balaban J connectivity index is 1.64. The van der Waals surface area contributed by atoms with Crippen LogP contribution in [-0.4, -0.2) is 101 Å². The Morgan fingerprint density at radius 3 is 2.14 bits per heavy atom. The minimum Gasteiger partial charge on any atom is -0.352 e. The molecule has 8 amide bonds. The number of benzene rings is 1. The summed E-state index contributed by atoms with van der Waals surface area (Å²) in [6.07, 6.45) is 9.78. The van der Waals surface area contributed by atoms with Crippen LogP contribution >= 0.6 is 11.6 Å². The number of nitrogens with zero attached hydrogens (tertiary/aromatic N) is 3. The van der Waals surface area contributed by atoms with Crippen LogP contribution in [0.3, 0.4) is 0 Å². The number of aromatic nitrogens is 2. The predicted octanol–water partition coefficient (Wildman–Crippen LogP) is 2.91. The van der Waals surface area contributed by atoms with E-state index in [9.17, 15) is 46.8 Å². The second-order valence-electron chi connectivity index (χ2n) is 17.4. The number of hydrogen-bond donors (Lipinski definition) is 6. The highest BCUT2D eigenvalue weighted by molar-refractivity contribution is 7.90. The quantitative estimate of drug-likeness (QED) is 0.0984. The van der Waals surface area contributed by atoms with Crippen molar-refractivity contribution in [2.24, 2.45) is 29.4 Å². The first-order valence-electron chi connectivity index (χ1n) is 22.2. The molecule has 1 heterocycles. The molecule has 19 nitrogen and oxygen atoms in total. The molecular weight excluding hydrogens is 882 g/mol. The van der Waals surface area contributed by atoms with Gasteiger partial charge in [0.25, 0.3) is 27.7 Å². The van der Waals surface area contributed by atoms with Crippen molar-refractivity contribution in [2.75, 3.05) is 6.54 Å². The highest BCUT2D eigenvalue weighted by atomic mass is 35.5. The van der Waals surface area contributed by atoms with Gasteiger partial charge in [0.2, 0.25) is 17.7 Å². The highest BCUT2D eigenvalue weighted by Gasteiger charge is 2.42. The maximum absolute atomic E-state index is 14.7. The van der Waals surface area contributed by atoms with Gasteiger partial charge in [0.15, 0.2) is 0 Å². The fourth-order valence-electron chi connectivity index (χ4n) is 7.33. The number of nitrogens with two attached hydrogens (primary N) is 1. The first-order valence-corrected chi connectivity index (χ1v) is 24.1. The summed E-state index contributed by atoms with van der Waals surface area (Å²) in [7, 11) is -5.01. The van der Waals surface area contributed by atoms with E-state index in [0.717, 1.165) is 44.2 Å². The zero-order chi connectivity index (χ0) is 48.0. The lowest BCUT2D eigenvalue weighted by atomic mass is 9.84. The molecule has 2 aromatic rings. The van der Waals surface area contributed by atoms with E-state index >= 15 is 0 Å². The Bertz CT molecular complexity index is 2170. The predicted molar refractivity (Wildman–Crippen MR) is 239 cm³/mol. The van der Waals surface area contributed by atoms with E-state index in [1.165, 1.54) is 24.7 Å². The van der Waals surface area contributed by atoms with E-state index in [-0.39, 0.29) is 47.3 Å². The van der Waals surface area contributed by atoms with Crippen LogP contribution in [0.1, 0.15) is 133 Å². The molecule has 356 valence electrons. The third-order valence-corrected chi connectivity index (χ3v) is 13.4. The van der Waals surface area contributed by atoms with Crippen molar-refractivity contribution < 1.29 is 46.8 Å². The molecule has 5 atom stereocenters. The van der Waals surface area contributed by atoms with E-state index in [1.54, 1.807) is 25.5 Å². The van der Waals surface area contributed by atoms with E-state index in [2.05, 4.69) is 31.2 Å². The number of hydrogen-bond acceptors (Lipinski definition) is 13. The zero-order valence-electron chi connectivity index (χ0n) is 37.6. The minimum atomic E-state index is -5.01. The van der Waals surface area contributed by atoms with Crippen molar-refractivity contribution in [2.45, 2.75) is 141 Å². The average molecular weight is 945 g/mol. The first-order chi connectivity index (χ1) is 30.8. The van der Waals surface area contributed by atoms with Gasteiger partial charge in [-0.15, -0.1) is 0 Å². The zero-order valence-corrected chi connectivity index (χ0v) is 39.1. The van der Waals surface area contributed by atoms with Crippen molar-refractivity contribution in [1.82, 2.24) is 40.9 Å². The van der Waals surface area contributed by atoms with Gasteiger partial charge < -0.3 is 27.0 Å². The number of rotatable bonds is 21. The van der Waals surface area contributed by atoms with E-state index in [4.69, 9.17) is 17.3 Å². The fraction of sp³-hybridized carbons (Fsp3) is 0.591. The van der Waals surface area contributed by atoms with Crippen LogP contribution < -0.4 is 31.7 Å². The first kappa shape index (κ1) is 52.3. The largest absolute Gasteiger partial charge is 0.352 e. The van der Waals surface area contributed by atoms with Crippen LogP contribution in [0, 0.1) is 23.7 Å². The van der Waals surface area contributed by atoms with E-state index < -0.39 is 104 Å². The van der Waals surface area contributed by atoms with Gasteiger partial charge >= 0.3 is 11.8 Å². The van der Waals surface area contributed by atoms with Gasteiger partial charge in [-0.25, -0.2) is 23.0 Å². The summed E-state index contributed by atoms with van der Waals surface area (Å²) in [5, 5.41) is 10.4. The Labute approximate surface area is 385 Å². The van der Waals surface area contributed by atoms with Gasteiger partial charge in [0.05, 0.1) is 11.2 Å². The minimum absolute atomic E-state index is 0.00894. The molecule has 7 N–H and O–H groups in total. The number of nitrogens with one attached hydrogen (secondary N) is 5. The molecule has 1 aromatic heterocycles. The Morgan fingerprint density at radius 2 is 1.54 bits per heavy atom. The second-order valence-corrected chi connectivity index (χ2v) is 19.5. The van der Waals surface area contributed by atoms with Gasteiger partial charge in [-0.2, -0.15) is 0 Å². The molecule has 0 saturated heterocycles. The summed E-state index contributed by atoms with van der Waals surface area (Å²) >= 11 is 6.21. The highest BCUT2D eigenvalue weighted by Crippen LogP contribution is 2.29. The number of amides is 8. The number of carbonyl (C=O) groups is 8. The van der Waals surface area contributed by atoms with Crippen LogP contribution in [0.15, 0.2) is 41.7 Å². The maximum atomic E-state index is 14.7. The molecule has 2 aliphatic rings. The summed E-state index contributed by atoms with van der Waals surface area (Å²) in [5.41, 5.74) is 5.94. The number of imide groups is 3. The Kier molecular flexibility index (Phi) is 19.5.